The minimum atomic E-state index is 0.699. The fraction of sp³-hybridized carbons (Fsp3) is 0.444. The van der Waals surface area contributed by atoms with Crippen molar-refractivity contribution in [3.8, 4) is 0 Å². The average molecular weight is 344 g/mol. The highest BCUT2D eigenvalue weighted by Crippen LogP contribution is 2.17. The Balaban J connectivity index is 1.54. The summed E-state index contributed by atoms with van der Waals surface area (Å²) in [4.78, 5) is 11.6. The monoisotopic (exact) mass is 343 g/mol. The Kier molecular flexibility index (Phi) is 6.07. The van der Waals surface area contributed by atoms with Gasteiger partial charge in [-0.3, -0.25) is 0 Å². The van der Waals surface area contributed by atoms with Crippen molar-refractivity contribution in [2.24, 2.45) is 4.99 Å². The molecule has 0 unspecified atom stereocenters. The number of guanidine groups is 1. The summed E-state index contributed by atoms with van der Waals surface area (Å²) in [7, 11) is 0. The van der Waals surface area contributed by atoms with Crippen LogP contribution in [0.4, 0.5) is 5.82 Å². The van der Waals surface area contributed by atoms with Crippen molar-refractivity contribution < 1.29 is 0 Å². The van der Waals surface area contributed by atoms with E-state index in [9.17, 15) is 0 Å². The molecule has 6 heteroatoms. The van der Waals surface area contributed by atoms with Crippen LogP contribution in [-0.2, 0) is 13.1 Å². The van der Waals surface area contributed by atoms with E-state index in [4.69, 9.17) is 0 Å². The molecular formula is C18H25N5S. The summed E-state index contributed by atoms with van der Waals surface area (Å²) < 4.78 is 0. The van der Waals surface area contributed by atoms with Gasteiger partial charge in [-0.2, -0.15) is 11.3 Å². The third kappa shape index (κ3) is 4.71. The zero-order chi connectivity index (χ0) is 16.6. The summed E-state index contributed by atoms with van der Waals surface area (Å²) in [5.74, 6) is 1.93. The molecule has 0 saturated carbocycles. The van der Waals surface area contributed by atoms with E-state index < -0.39 is 0 Å². The zero-order valence-corrected chi connectivity index (χ0v) is 15.0. The maximum atomic E-state index is 4.62. The molecule has 1 saturated heterocycles. The zero-order valence-electron chi connectivity index (χ0n) is 14.2. The maximum absolute atomic E-state index is 4.62. The van der Waals surface area contributed by atoms with Crippen molar-refractivity contribution in [2.75, 3.05) is 24.5 Å². The first-order valence-corrected chi connectivity index (χ1v) is 9.52. The standard InChI is InChI=1S/C18H25N5S/c1-2-19-18(22-13-16-7-10-24-14-16)21-12-15-5-6-17(20-11-15)23-8-3-4-9-23/h5-7,10-11,14H,2-4,8-9,12-13H2,1H3,(H2,19,21,22). The van der Waals surface area contributed by atoms with Gasteiger partial charge in [0.25, 0.3) is 0 Å². The van der Waals surface area contributed by atoms with Crippen LogP contribution in [0.1, 0.15) is 30.9 Å². The minimum absolute atomic E-state index is 0.699. The van der Waals surface area contributed by atoms with E-state index in [1.807, 2.05) is 6.20 Å². The highest BCUT2D eigenvalue weighted by molar-refractivity contribution is 7.07. The van der Waals surface area contributed by atoms with Crippen LogP contribution in [0, 0.1) is 0 Å². The van der Waals surface area contributed by atoms with Gasteiger partial charge in [0.1, 0.15) is 5.82 Å². The molecule has 0 spiro atoms. The number of hydrogen-bond donors (Lipinski definition) is 2. The lowest BCUT2D eigenvalue weighted by Crippen LogP contribution is -2.36. The van der Waals surface area contributed by atoms with Gasteiger partial charge in [-0.25, -0.2) is 9.98 Å². The van der Waals surface area contributed by atoms with Crippen LogP contribution in [0.5, 0.6) is 0 Å². The molecule has 2 aromatic heterocycles. The molecule has 0 aliphatic carbocycles. The Labute approximate surface area is 147 Å². The lowest BCUT2D eigenvalue weighted by molar-refractivity contribution is 0.812. The second-order valence-electron chi connectivity index (χ2n) is 5.90. The normalized spacial score (nSPS) is 14.9. The smallest absolute Gasteiger partial charge is 0.191 e. The molecule has 3 heterocycles. The second kappa shape index (κ2) is 8.68. The summed E-state index contributed by atoms with van der Waals surface area (Å²) in [5.41, 5.74) is 2.41. The molecule has 1 aliphatic rings. The van der Waals surface area contributed by atoms with Gasteiger partial charge in [0, 0.05) is 32.4 Å². The summed E-state index contributed by atoms with van der Waals surface area (Å²) in [6.45, 7) is 6.61. The quantitative estimate of drug-likeness (QED) is 0.625. The molecule has 0 radical (unpaired) electrons. The largest absolute Gasteiger partial charge is 0.357 e. The van der Waals surface area contributed by atoms with Crippen molar-refractivity contribution >= 4 is 23.1 Å². The van der Waals surface area contributed by atoms with Crippen molar-refractivity contribution in [2.45, 2.75) is 32.9 Å². The van der Waals surface area contributed by atoms with Crippen molar-refractivity contribution in [1.82, 2.24) is 15.6 Å². The lowest BCUT2D eigenvalue weighted by atomic mass is 10.3. The molecule has 2 N–H and O–H groups in total. The summed E-state index contributed by atoms with van der Waals surface area (Å²) in [5, 5.41) is 10.9. The van der Waals surface area contributed by atoms with Crippen LogP contribution in [0.3, 0.4) is 0 Å². The molecule has 0 atom stereocenters. The Hall–Kier alpha value is -2.08. The molecule has 24 heavy (non-hydrogen) atoms. The number of nitrogens with one attached hydrogen (secondary N) is 2. The third-order valence-electron chi connectivity index (χ3n) is 4.04. The van der Waals surface area contributed by atoms with E-state index in [1.165, 1.54) is 24.0 Å². The highest BCUT2D eigenvalue weighted by Gasteiger charge is 2.12. The molecule has 2 aromatic rings. The number of aromatic nitrogens is 1. The van der Waals surface area contributed by atoms with Crippen LogP contribution >= 0.6 is 11.3 Å². The average Bonchev–Trinajstić information content (AvgIpc) is 3.31. The molecule has 0 amide bonds. The molecule has 1 fully saturated rings. The molecule has 5 nitrogen and oxygen atoms in total. The SMILES string of the molecule is CCNC(=NCc1ccsc1)NCc1ccc(N2CCCC2)nc1. The number of pyridine rings is 1. The Morgan fingerprint density at radius 3 is 2.75 bits per heavy atom. The summed E-state index contributed by atoms with van der Waals surface area (Å²) in [6, 6.07) is 6.38. The molecule has 128 valence electrons. The number of rotatable bonds is 6. The van der Waals surface area contributed by atoms with Gasteiger partial charge in [-0.15, -0.1) is 0 Å². The fourth-order valence-corrected chi connectivity index (χ4v) is 3.39. The predicted octanol–water partition coefficient (Wildman–Crippen LogP) is 3.00. The van der Waals surface area contributed by atoms with Gasteiger partial charge in [-0.1, -0.05) is 6.07 Å². The molecule has 1 aliphatic heterocycles. The van der Waals surface area contributed by atoms with Gasteiger partial charge in [0.2, 0.25) is 0 Å². The number of aliphatic imine (C=N–C) groups is 1. The van der Waals surface area contributed by atoms with Gasteiger partial charge in [-0.05, 0) is 53.8 Å². The Morgan fingerprint density at radius 1 is 1.21 bits per heavy atom. The van der Waals surface area contributed by atoms with E-state index >= 15 is 0 Å². The molecule has 0 bridgehead atoms. The molecule has 0 aromatic carbocycles. The molecule has 3 rings (SSSR count). The van der Waals surface area contributed by atoms with Crippen molar-refractivity contribution in [1.29, 1.82) is 0 Å². The predicted molar refractivity (Wildman–Crippen MR) is 102 cm³/mol. The van der Waals surface area contributed by atoms with Gasteiger partial charge >= 0.3 is 0 Å². The van der Waals surface area contributed by atoms with E-state index in [2.05, 4.69) is 61.4 Å². The summed E-state index contributed by atoms with van der Waals surface area (Å²) in [6.07, 6.45) is 4.51. The van der Waals surface area contributed by atoms with Crippen LogP contribution in [0.15, 0.2) is 40.1 Å². The van der Waals surface area contributed by atoms with Crippen LogP contribution in [0.2, 0.25) is 0 Å². The van der Waals surface area contributed by atoms with Gasteiger partial charge in [0.15, 0.2) is 5.96 Å². The first kappa shape index (κ1) is 16.8. The Bertz CT molecular complexity index is 630. The van der Waals surface area contributed by atoms with E-state index in [0.717, 1.165) is 38.0 Å². The topological polar surface area (TPSA) is 52.6 Å². The van der Waals surface area contributed by atoms with E-state index in [1.54, 1.807) is 11.3 Å². The highest BCUT2D eigenvalue weighted by atomic mass is 32.1. The fourth-order valence-electron chi connectivity index (χ4n) is 2.74. The van der Waals surface area contributed by atoms with Crippen LogP contribution in [-0.4, -0.2) is 30.6 Å². The lowest BCUT2D eigenvalue weighted by Gasteiger charge is -2.16. The number of nitrogens with zero attached hydrogens (tertiary/aromatic N) is 3. The number of hydrogen-bond acceptors (Lipinski definition) is 4. The van der Waals surface area contributed by atoms with Gasteiger partial charge < -0.3 is 15.5 Å². The second-order valence-corrected chi connectivity index (χ2v) is 6.68. The Morgan fingerprint density at radius 2 is 2.08 bits per heavy atom. The molecular weight excluding hydrogens is 318 g/mol. The van der Waals surface area contributed by atoms with E-state index in [-0.39, 0.29) is 0 Å². The first-order valence-electron chi connectivity index (χ1n) is 8.58. The number of anilines is 1. The van der Waals surface area contributed by atoms with Crippen LogP contribution < -0.4 is 15.5 Å². The van der Waals surface area contributed by atoms with Crippen molar-refractivity contribution in [3.05, 3.63) is 46.3 Å². The minimum Gasteiger partial charge on any atom is -0.357 e. The van der Waals surface area contributed by atoms with E-state index in [0.29, 0.717) is 6.54 Å². The van der Waals surface area contributed by atoms with Crippen LogP contribution in [0.25, 0.3) is 0 Å². The maximum Gasteiger partial charge on any atom is 0.191 e. The third-order valence-corrected chi connectivity index (χ3v) is 4.78. The first-order chi connectivity index (χ1) is 11.8. The summed E-state index contributed by atoms with van der Waals surface area (Å²) >= 11 is 1.70. The van der Waals surface area contributed by atoms with Gasteiger partial charge in [0.05, 0.1) is 6.54 Å². The number of thiophene rings is 1. The van der Waals surface area contributed by atoms with Crippen molar-refractivity contribution in [3.63, 3.8) is 0 Å².